The maximum absolute atomic E-state index is 11.8. The van der Waals surface area contributed by atoms with Crippen molar-refractivity contribution in [3.63, 3.8) is 0 Å². The SMILES string of the molecule is CCNC1(C(N)=O)CCC(N(C)CC2CCCOC2)C1. The number of hydrogen-bond acceptors (Lipinski definition) is 4. The molecule has 1 heterocycles. The number of amides is 1. The first kappa shape index (κ1) is 15.7. The van der Waals surface area contributed by atoms with E-state index in [1.165, 1.54) is 12.8 Å². The number of ether oxygens (including phenoxy) is 1. The molecule has 116 valence electrons. The Balaban J connectivity index is 1.88. The van der Waals surface area contributed by atoms with E-state index in [4.69, 9.17) is 10.5 Å². The van der Waals surface area contributed by atoms with Gasteiger partial charge in [0.15, 0.2) is 0 Å². The number of carbonyl (C=O) groups is 1. The summed E-state index contributed by atoms with van der Waals surface area (Å²) in [7, 11) is 2.17. The minimum absolute atomic E-state index is 0.198. The molecule has 1 saturated heterocycles. The second-order valence-electron chi connectivity index (χ2n) is 6.40. The molecule has 20 heavy (non-hydrogen) atoms. The number of nitrogens with zero attached hydrogens (tertiary/aromatic N) is 1. The number of nitrogens with two attached hydrogens (primary N) is 1. The average Bonchev–Trinajstić information content (AvgIpc) is 2.86. The summed E-state index contributed by atoms with van der Waals surface area (Å²) in [6.07, 6.45) is 5.16. The van der Waals surface area contributed by atoms with Crippen molar-refractivity contribution in [3.8, 4) is 0 Å². The average molecular weight is 283 g/mol. The van der Waals surface area contributed by atoms with Crippen LogP contribution in [0.25, 0.3) is 0 Å². The van der Waals surface area contributed by atoms with Gasteiger partial charge in [0, 0.05) is 19.2 Å². The van der Waals surface area contributed by atoms with Crippen LogP contribution in [0.1, 0.15) is 39.0 Å². The topological polar surface area (TPSA) is 67.6 Å². The molecule has 2 rings (SSSR count). The van der Waals surface area contributed by atoms with E-state index in [-0.39, 0.29) is 5.91 Å². The zero-order valence-electron chi connectivity index (χ0n) is 12.9. The summed E-state index contributed by atoms with van der Waals surface area (Å²) in [6.45, 7) is 5.67. The molecule has 5 nitrogen and oxygen atoms in total. The van der Waals surface area contributed by atoms with Gasteiger partial charge in [0.05, 0.1) is 12.1 Å². The third kappa shape index (κ3) is 3.51. The predicted molar refractivity (Wildman–Crippen MR) is 79.4 cm³/mol. The van der Waals surface area contributed by atoms with Gasteiger partial charge >= 0.3 is 0 Å². The van der Waals surface area contributed by atoms with Crippen LogP contribution in [0.3, 0.4) is 0 Å². The highest BCUT2D eigenvalue weighted by Crippen LogP contribution is 2.33. The zero-order chi connectivity index (χ0) is 14.6. The van der Waals surface area contributed by atoms with Gasteiger partial charge < -0.3 is 20.7 Å². The number of rotatable bonds is 6. The fourth-order valence-electron chi connectivity index (χ4n) is 3.71. The molecule has 1 amide bonds. The van der Waals surface area contributed by atoms with Gasteiger partial charge in [-0.1, -0.05) is 6.92 Å². The molecule has 0 aromatic heterocycles. The van der Waals surface area contributed by atoms with E-state index in [9.17, 15) is 4.79 Å². The normalized spacial score (nSPS) is 34.5. The van der Waals surface area contributed by atoms with Crippen molar-refractivity contribution in [2.75, 3.05) is 33.4 Å². The van der Waals surface area contributed by atoms with Crippen molar-refractivity contribution in [1.29, 1.82) is 0 Å². The summed E-state index contributed by atoms with van der Waals surface area (Å²) in [5, 5.41) is 3.32. The Morgan fingerprint density at radius 3 is 2.90 bits per heavy atom. The third-order valence-corrected chi connectivity index (χ3v) is 4.90. The van der Waals surface area contributed by atoms with E-state index in [1.54, 1.807) is 0 Å². The lowest BCUT2D eigenvalue weighted by atomic mass is 9.95. The maximum Gasteiger partial charge on any atom is 0.237 e. The van der Waals surface area contributed by atoms with Gasteiger partial charge in [0.25, 0.3) is 0 Å². The Morgan fingerprint density at radius 1 is 1.50 bits per heavy atom. The van der Waals surface area contributed by atoms with E-state index in [0.717, 1.165) is 45.6 Å². The van der Waals surface area contributed by atoms with E-state index in [1.807, 2.05) is 6.92 Å². The van der Waals surface area contributed by atoms with Crippen LogP contribution in [-0.4, -0.2) is 55.7 Å². The van der Waals surface area contributed by atoms with Gasteiger partial charge in [-0.05, 0) is 51.6 Å². The number of primary amides is 1. The number of likely N-dealkylation sites (N-methyl/N-ethyl adjacent to an activating group) is 1. The second kappa shape index (κ2) is 6.87. The highest BCUT2D eigenvalue weighted by molar-refractivity contribution is 5.85. The lowest BCUT2D eigenvalue weighted by Crippen LogP contribution is -2.54. The Bertz CT molecular complexity index is 331. The molecule has 2 aliphatic rings. The molecule has 3 N–H and O–H groups in total. The number of carbonyl (C=O) groups excluding carboxylic acids is 1. The molecule has 2 fully saturated rings. The van der Waals surface area contributed by atoms with Crippen LogP contribution in [-0.2, 0) is 9.53 Å². The van der Waals surface area contributed by atoms with Crippen LogP contribution in [0, 0.1) is 5.92 Å². The van der Waals surface area contributed by atoms with Gasteiger partial charge in [0.1, 0.15) is 0 Å². The minimum Gasteiger partial charge on any atom is -0.381 e. The van der Waals surface area contributed by atoms with E-state index in [2.05, 4.69) is 17.3 Å². The summed E-state index contributed by atoms with van der Waals surface area (Å²) in [4.78, 5) is 14.2. The monoisotopic (exact) mass is 283 g/mol. The van der Waals surface area contributed by atoms with Crippen molar-refractivity contribution >= 4 is 5.91 Å². The van der Waals surface area contributed by atoms with Crippen LogP contribution in [0.15, 0.2) is 0 Å². The molecule has 1 aliphatic heterocycles. The molecule has 0 bridgehead atoms. The maximum atomic E-state index is 11.8. The van der Waals surface area contributed by atoms with E-state index in [0.29, 0.717) is 12.0 Å². The first-order chi connectivity index (χ1) is 9.57. The lowest BCUT2D eigenvalue weighted by molar-refractivity contribution is -0.124. The third-order valence-electron chi connectivity index (χ3n) is 4.90. The van der Waals surface area contributed by atoms with Crippen molar-refractivity contribution in [2.45, 2.75) is 50.6 Å². The summed E-state index contributed by atoms with van der Waals surface area (Å²) in [5.74, 6) is 0.438. The molecule has 1 saturated carbocycles. The van der Waals surface area contributed by atoms with Crippen molar-refractivity contribution < 1.29 is 9.53 Å². The van der Waals surface area contributed by atoms with Crippen molar-refractivity contribution in [3.05, 3.63) is 0 Å². The largest absolute Gasteiger partial charge is 0.381 e. The highest BCUT2D eigenvalue weighted by Gasteiger charge is 2.44. The molecule has 0 spiro atoms. The lowest BCUT2D eigenvalue weighted by Gasteiger charge is -2.32. The zero-order valence-corrected chi connectivity index (χ0v) is 12.9. The molecular weight excluding hydrogens is 254 g/mol. The Kier molecular flexibility index (Phi) is 5.41. The molecule has 1 aliphatic carbocycles. The standard InChI is InChI=1S/C15H29N3O2/c1-3-17-15(14(16)19)7-6-13(9-15)18(2)10-12-5-4-8-20-11-12/h12-13,17H,3-11H2,1-2H3,(H2,16,19). The predicted octanol–water partition coefficient (Wildman–Crippen LogP) is 0.731. The molecular formula is C15H29N3O2. The van der Waals surface area contributed by atoms with Crippen LogP contribution in [0.2, 0.25) is 0 Å². The molecule has 3 atom stereocenters. The van der Waals surface area contributed by atoms with Crippen LogP contribution < -0.4 is 11.1 Å². The molecule has 3 unspecified atom stereocenters. The summed E-state index contributed by atoms with van der Waals surface area (Å²) < 4.78 is 5.55. The molecule has 5 heteroatoms. The highest BCUT2D eigenvalue weighted by atomic mass is 16.5. The quantitative estimate of drug-likeness (QED) is 0.754. The fraction of sp³-hybridized carbons (Fsp3) is 0.933. The van der Waals surface area contributed by atoms with E-state index < -0.39 is 5.54 Å². The van der Waals surface area contributed by atoms with Crippen LogP contribution in [0.5, 0.6) is 0 Å². The van der Waals surface area contributed by atoms with Gasteiger partial charge in [-0.2, -0.15) is 0 Å². The first-order valence-corrected chi connectivity index (χ1v) is 7.90. The molecule has 0 aromatic carbocycles. The van der Waals surface area contributed by atoms with Crippen LogP contribution in [0.4, 0.5) is 0 Å². The molecule has 0 radical (unpaired) electrons. The van der Waals surface area contributed by atoms with Crippen LogP contribution >= 0.6 is 0 Å². The Morgan fingerprint density at radius 2 is 2.30 bits per heavy atom. The number of nitrogens with one attached hydrogen (secondary N) is 1. The van der Waals surface area contributed by atoms with Gasteiger partial charge in [-0.25, -0.2) is 0 Å². The minimum atomic E-state index is -0.489. The summed E-state index contributed by atoms with van der Waals surface area (Å²) in [5.41, 5.74) is 5.14. The summed E-state index contributed by atoms with van der Waals surface area (Å²) in [6, 6.07) is 0.448. The van der Waals surface area contributed by atoms with Gasteiger partial charge in [0.2, 0.25) is 5.91 Å². The van der Waals surface area contributed by atoms with Crippen molar-refractivity contribution in [2.24, 2.45) is 11.7 Å². The smallest absolute Gasteiger partial charge is 0.237 e. The Hall–Kier alpha value is -0.650. The summed E-state index contributed by atoms with van der Waals surface area (Å²) >= 11 is 0. The second-order valence-corrected chi connectivity index (χ2v) is 6.40. The van der Waals surface area contributed by atoms with E-state index >= 15 is 0 Å². The van der Waals surface area contributed by atoms with Gasteiger partial charge in [-0.3, -0.25) is 4.79 Å². The number of hydrogen-bond donors (Lipinski definition) is 2. The first-order valence-electron chi connectivity index (χ1n) is 7.90. The van der Waals surface area contributed by atoms with Crippen molar-refractivity contribution in [1.82, 2.24) is 10.2 Å². The molecule has 0 aromatic rings. The fourth-order valence-corrected chi connectivity index (χ4v) is 3.71. The van der Waals surface area contributed by atoms with Gasteiger partial charge in [-0.15, -0.1) is 0 Å². The Labute approximate surface area is 122 Å².